The van der Waals surface area contributed by atoms with Crippen LogP contribution in [0, 0.1) is 11.6 Å². The summed E-state index contributed by atoms with van der Waals surface area (Å²) in [5.74, 6) is -0.184. The second-order valence-electron chi connectivity index (χ2n) is 7.72. The number of aryl methyl sites for hydroxylation is 1. The summed E-state index contributed by atoms with van der Waals surface area (Å²) >= 11 is 0. The van der Waals surface area contributed by atoms with E-state index < -0.39 is 0 Å². The molecule has 150 valence electrons. The van der Waals surface area contributed by atoms with Crippen LogP contribution in [0.25, 0.3) is 11.1 Å². The van der Waals surface area contributed by atoms with E-state index in [0.717, 1.165) is 50.7 Å². The van der Waals surface area contributed by atoms with E-state index in [4.69, 9.17) is 4.74 Å². The lowest BCUT2D eigenvalue weighted by Crippen LogP contribution is -2.21. The van der Waals surface area contributed by atoms with Gasteiger partial charge in [-0.05, 0) is 79.7 Å². The van der Waals surface area contributed by atoms with E-state index in [1.165, 1.54) is 6.07 Å². The van der Waals surface area contributed by atoms with Crippen molar-refractivity contribution in [2.45, 2.75) is 63.9 Å². The molecule has 1 saturated carbocycles. The average Bonchev–Trinajstić information content (AvgIpc) is 2.71. The van der Waals surface area contributed by atoms with Gasteiger partial charge in [0, 0.05) is 12.2 Å². The molecular formula is C25H30F2O. The molecule has 0 radical (unpaired) electrons. The van der Waals surface area contributed by atoms with Gasteiger partial charge in [0.05, 0.1) is 6.10 Å². The number of rotatable bonds is 8. The molecule has 0 unspecified atom stereocenters. The summed E-state index contributed by atoms with van der Waals surface area (Å²) in [5.41, 5.74) is 2.72. The molecule has 0 aromatic heterocycles. The second kappa shape index (κ2) is 9.97. The highest BCUT2D eigenvalue weighted by Gasteiger charge is 2.23. The molecule has 2 aromatic rings. The first-order valence-electron chi connectivity index (χ1n) is 10.4. The average molecular weight is 385 g/mol. The fourth-order valence-corrected chi connectivity index (χ4v) is 4.04. The van der Waals surface area contributed by atoms with Gasteiger partial charge in [0.1, 0.15) is 11.6 Å². The van der Waals surface area contributed by atoms with E-state index in [1.54, 1.807) is 30.3 Å². The Hall–Kier alpha value is -2.00. The van der Waals surface area contributed by atoms with Gasteiger partial charge in [-0.3, -0.25) is 0 Å². The van der Waals surface area contributed by atoms with Gasteiger partial charge in [-0.1, -0.05) is 37.3 Å². The Kier molecular flexibility index (Phi) is 7.38. The fourth-order valence-electron chi connectivity index (χ4n) is 4.04. The van der Waals surface area contributed by atoms with Gasteiger partial charge in [-0.2, -0.15) is 0 Å². The highest BCUT2D eigenvalue weighted by atomic mass is 19.1. The third-order valence-corrected chi connectivity index (χ3v) is 5.68. The molecule has 1 fully saturated rings. The van der Waals surface area contributed by atoms with Crippen molar-refractivity contribution in [3.63, 3.8) is 0 Å². The Balaban J connectivity index is 1.69. The van der Waals surface area contributed by atoms with Gasteiger partial charge in [0.25, 0.3) is 0 Å². The van der Waals surface area contributed by atoms with Gasteiger partial charge in [0.15, 0.2) is 0 Å². The largest absolute Gasteiger partial charge is 0.378 e. The smallest absolute Gasteiger partial charge is 0.131 e. The Morgan fingerprint density at radius 1 is 1.04 bits per heavy atom. The minimum Gasteiger partial charge on any atom is -0.378 e. The van der Waals surface area contributed by atoms with E-state index >= 15 is 0 Å². The maximum absolute atomic E-state index is 14.8. The molecule has 3 heteroatoms. The molecule has 0 heterocycles. The molecule has 0 N–H and O–H groups in total. The van der Waals surface area contributed by atoms with Crippen molar-refractivity contribution in [3.05, 3.63) is 71.8 Å². The van der Waals surface area contributed by atoms with Crippen LogP contribution in [0.4, 0.5) is 8.78 Å². The van der Waals surface area contributed by atoms with Gasteiger partial charge in [0.2, 0.25) is 0 Å². The third-order valence-electron chi connectivity index (χ3n) is 5.68. The normalized spacial score (nSPS) is 19.5. The van der Waals surface area contributed by atoms with Crippen molar-refractivity contribution in [3.8, 4) is 11.1 Å². The van der Waals surface area contributed by atoms with E-state index in [9.17, 15) is 8.78 Å². The molecule has 0 spiro atoms. The zero-order valence-electron chi connectivity index (χ0n) is 16.7. The van der Waals surface area contributed by atoms with Gasteiger partial charge in [-0.15, -0.1) is 6.58 Å². The van der Waals surface area contributed by atoms with Gasteiger partial charge < -0.3 is 4.74 Å². The lowest BCUT2D eigenvalue weighted by Gasteiger charge is -2.29. The minimum atomic E-state index is -0.284. The summed E-state index contributed by atoms with van der Waals surface area (Å²) in [7, 11) is 0. The second-order valence-corrected chi connectivity index (χ2v) is 7.72. The SMILES string of the molecule is C=CCCc1ccc(-c2ccc(C3CCC(OCCC)CC3)cc2F)cc1F. The molecule has 3 rings (SSSR count). The fraction of sp³-hybridized carbons (Fsp3) is 0.440. The molecule has 0 amide bonds. The van der Waals surface area contributed by atoms with Crippen LogP contribution in [0.15, 0.2) is 49.1 Å². The van der Waals surface area contributed by atoms with Crippen molar-refractivity contribution in [2.75, 3.05) is 6.61 Å². The zero-order valence-corrected chi connectivity index (χ0v) is 16.7. The first-order chi connectivity index (χ1) is 13.6. The highest BCUT2D eigenvalue weighted by molar-refractivity contribution is 5.65. The summed E-state index contributed by atoms with van der Waals surface area (Å²) in [5, 5.41) is 0. The van der Waals surface area contributed by atoms with Crippen molar-refractivity contribution in [1.82, 2.24) is 0 Å². The lowest BCUT2D eigenvalue weighted by molar-refractivity contribution is 0.0251. The van der Waals surface area contributed by atoms with E-state index in [1.807, 2.05) is 6.07 Å². The number of ether oxygens (including phenoxy) is 1. The molecular weight excluding hydrogens is 354 g/mol. The van der Waals surface area contributed by atoms with Gasteiger partial charge >= 0.3 is 0 Å². The Morgan fingerprint density at radius 3 is 2.46 bits per heavy atom. The third kappa shape index (κ3) is 5.08. The van der Waals surface area contributed by atoms with Crippen LogP contribution >= 0.6 is 0 Å². The van der Waals surface area contributed by atoms with Crippen LogP contribution in [0.3, 0.4) is 0 Å². The highest BCUT2D eigenvalue weighted by Crippen LogP contribution is 2.36. The standard InChI is InChI=1S/C25H30F2O/c1-3-5-6-19-7-8-21(17-24(19)26)23-14-11-20(16-25(23)27)18-9-12-22(13-10-18)28-15-4-2/h3,7-8,11,14,16-18,22H,1,4-6,9-10,12-13,15H2,2H3. The number of halogens is 2. The van der Waals surface area contributed by atoms with E-state index in [0.29, 0.717) is 35.1 Å². The van der Waals surface area contributed by atoms with E-state index in [2.05, 4.69) is 13.5 Å². The molecule has 1 aliphatic rings. The molecule has 1 aliphatic carbocycles. The summed E-state index contributed by atoms with van der Waals surface area (Å²) in [6, 6.07) is 10.4. The summed E-state index contributed by atoms with van der Waals surface area (Å²) in [6.45, 7) is 6.61. The van der Waals surface area contributed by atoms with Crippen molar-refractivity contribution >= 4 is 0 Å². The minimum absolute atomic E-state index is 0.278. The summed E-state index contributed by atoms with van der Waals surface area (Å²) in [6.07, 6.45) is 8.63. The molecule has 0 atom stereocenters. The molecule has 0 aliphatic heterocycles. The predicted octanol–water partition coefficient (Wildman–Crippen LogP) is 7.20. The molecule has 28 heavy (non-hydrogen) atoms. The quantitative estimate of drug-likeness (QED) is 0.437. The molecule has 0 saturated heterocycles. The first kappa shape index (κ1) is 20.7. The number of allylic oxidation sites excluding steroid dienone is 1. The molecule has 0 bridgehead atoms. The Bertz CT molecular complexity index is 791. The topological polar surface area (TPSA) is 9.23 Å². The van der Waals surface area contributed by atoms with E-state index in [-0.39, 0.29) is 11.6 Å². The maximum atomic E-state index is 14.8. The number of benzene rings is 2. The number of hydrogen-bond donors (Lipinski definition) is 0. The first-order valence-corrected chi connectivity index (χ1v) is 10.4. The Labute approximate surface area is 167 Å². The van der Waals surface area contributed by atoms with Gasteiger partial charge in [-0.25, -0.2) is 8.78 Å². The monoisotopic (exact) mass is 384 g/mol. The molecule has 2 aromatic carbocycles. The van der Waals surface area contributed by atoms with Crippen molar-refractivity contribution in [1.29, 1.82) is 0 Å². The van der Waals surface area contributed by atoms with Crippen molar-refractivity contribution in [2.24, 2.45) is 0 Å². The molecule has 1 nitrogen and oxygen atoms in total. The zero-order chi connectivity index (χ0) is 19.9. The maximum Gasteiger partial charge on any atom is 0.131 e. The van der Waals surface area contributed by atoms with Crippen LogP contribution in [-0.2, 0) is 11.2 Å². The van der Waals surface area contributed by atoms with Crippen LogP contribution < -0.4 is 0 Å². The number of hydrogen-bond acceptors (Lipinski definition) is 1. The van der Waals surface area contributed by atoms with Crippen LogP contribution in [0.1, 0.15) is 62.5 Å². The van der Waals surface area contributed by atoms with Crippen LogP contribution in [0.2, 0.25) is 0 Å². The summed E-state index contributed by atoms with van der Waals surface area (Å²) < 4.78 is 35.0. The lowest BCUT2D eigenvalue weighted by atomic mass is 9.82. The van der Waals surface area contributed by atoms with Crippen LogP contribution in [0.5, 0.6) is 0 Å². The van der Waals surface area contributed by atoms with Crippen molar-refractivity contribution < 1.29 is 13.5 Å². The Morgan fingerprint density at radius 2 is 1.82 bits per heavy atom. The predicted molar refractivity (Wildman–Crippen MR) is 112 cm³/mol. The van der Waals surface area contributed by atoms with Crippen LogP contribution in [-0.4, -0.2) is 12.7 Å². The summed E-state index contributed by atoms with van der Waals surface area (Å²) in [4.78, 5) is 0.